The largest absolute Gasteiger partial charge is 0.416 e. The van der Waals surface area contributed by atoms with Crippen molar-refractivity contribution in [1.29, 1.82) is 0 Å². The number of nitrogens with one attached hydrogen (secondary N) is 1. The van der Waals surface area contributed by atoms with Gasteiger partial charge in [-0.1, -0.05) is 18.2 Å². The van der Waals surface area contributed by atoms with E-state index in [-0.39, 0.29) is 5.56 Å². The van der Waals surface area contributed by atoms with Crippen LogP contribution in [0.3, 0.4) is 0 Å². The Hall–Kier alpha value is -1.21. The van der Waals surface area contributed by atoms with Crippen molar-refractivity contribution in [3.05, 3.63) is 35.4 Å². The topological polar surface area (TPSA) is 15.3 Å². The average molecular weight is 294 g/mol. The Morgan fingerprint density at radius 1 is 1.05 bits per heavy atom. The quantitative estimate of drug-likeness (QED) is 0.862. The molecule has 0 spiro atoms. The van der Waals surface area contributed by atoms with Crippen LogP contribution in [0.1, 0.15) is 17.2 Å². The lowest BCUT2D eigenvalue weighted by Crippen LogP contribution is -2.47. The number of piperazine rings is 1. The van der Waals surface area contributed by atoms with Crippen LogP contribution in [0.2, 0.25) is 0 Å². The van der Waals surface area contributed by atoms with Gasteiger partial charge in [0.15, 0.2) is 0 Å². The maximum Gasteiger partial charge on any atom is 0.416 e. The van der Waals surface area contributed by atoms with Crippen molar-refractivity contribution in [3.8, 4) is 0 Å². The number of hydrogen-bond acceptors (Lipinski definition) is 2. The third-order valence-electron chi connectivity index (χ3n) is 3.37. The number of halogens is 5. The molecule has 1 aliphatic heterocycles. The first-order valence-electron chi connectivity index (χ1n) is 6.30. The molecular formula is C13H15F5N2. The van der Waals surface area contributed by atoms with Crippen LogP contribution in [0.25, 0.3) is 0 Å². The van der Waals surface area contributed by atoms with Gasteiger partial charge in [0.25, 0.3) is 6.43 Å². The average Bonchev–Trinajstić information content (AvgIpc) is 2.39. The van der Waals surface area contributed by atoms with Gasteiger partial charge in [-0.25, -0.2) is 8.78 Å². The van der Waals surface area contributed by atoms with Gasteiger partial charge in [-0.15, -0.1) is 0 Å². The van der Waals surface area contributed by atoms with E-state index in [1.807, 2.05) is 0 Å². The lowest BCUT2D eigenvalue weighted by molar-refractivity contribution is -0.139. The van der Waals surface area contributed by atoms with Gasteiger partial charge >= 0.3 is 6.18 Å². The van der Waals surface area contributed by atoms with Crippen LogP contribution in [-0.2, 0) is 6.18 Å². The van der Waals surface area contributed by atoms with Crippen molar-refractivity contribution < 1.29 is 22.0 Å². The van der Waals surface area contributed by atoms with Crippen LogP contribution < -0.4 is 5.32 Å². The van der Waals surface area contributed by atoms with Crippen molar-refractivity contribution in [2.24, 2.45) is 0 Å². The van der Waals surface area contributed by atoms with E-state index in [4.69, 9.17) is 0 Å². The molecule has 0 amide bonds. The first-order valence-corrected chi connectivity index (χ1v) is 6.30. The summed E-state index contributed by atoms with van der Waals surface area (Å²) in [5.41, 5.74) is -1.33. The normalized spacial score (nSPS) is 19.3. The molecule has 2 rings (SSSR count). The van der Waals surface area contributed by atoms with Gasteiger partial charge in [-0.2, -0.15) is 13.2 Å². The van der Waals surface area contributed by atoms with Crippen molar-refractivity contribution in [2.75, 3.05) is 26.2 Å². The van der Waals surface area contributed by atoms with Crippen molar-refractivity contribution in [1.82, 2.24) is 10.2 Å². The highest BCUT2D eigenvalue weighted by Gasteiger charge is 2.39. The summed E-state index contributed by atoms with van der Waals surface area (Å²) in [5, 5.41) is 3.00. The summed E-state index contributed by atoms with van der Waals surface area (Å²) in [6, 6.07) is 3.05. The zero-order valence-corrected chi connectivity index (χ0v) is 10.6. The summed E-state index contributed by atoms with van der Waals surface area (Å²) in [6.07, 6.45) is -7.49. The van der Waals surface area contributed by atoms with Crippen LogP contribution in [0, 0.1) is 0 Å². The van der Waals surface area contributed by atoms with E-state index in [1.165, 1.54) is 17.0 Å². The fourth-order valence-electron chi connectivity index (χ4n) is 2.47. The number of rotatable bonds is 3. The number of nitrogens with zero attached hydrogens (tertiary/aromatic N) is 1. The lowest BCUT2D eigenvalue weighted by Gasteiger charge is -2.35. The van der Waals surface area contributed by atoms with E-state index in [2.05, 4.69) is 5.32 Å². The van der Waals surface area contributed by atoms with Crippen LogP contribution in [0.4, 0.5) is 22.0 Å². The Bertz CT molecular complexity index is 441. The highest BCUT2D eigenvalue weighted by atomic mass is 19.4. The molecule has 1 aliphatic rings. The predicted octanol–water partition coefficient (Wildman–Crippen LogP) is 2.92. The number of hydrogen-bond donors (Lipinski definition) is 1. The van der Waals surface area contributed by atoms with E-state index >= 15 is 0 Å². The molecule has 7 heteroatoms. The zero-order chi connectivity index (χ0) is 14.8. The van der Waals surface area contributed by atoms with E-state index in [9.17, 15) is 22.0 Å². The highest BCUT2D eigenvalue weighted by molar-refractivity contribution is 5.33. The van der Waals surface area contributed by atoms with Gasteiger partial charge in [-0.05, 0) is 11.6 Å². The molecule has 0 unspecified atom stereocenters. The second kappa shape index (κ2) is 6.05. The molecule has 2 nitrogen and oxygen atoms in total. The van der Waals surface area contributed by atoms with Gasteiger partial charge in [0.1, 0.15) is 0 Å². The molecule has 0 radical (unpaired) electrons. The molecule has 0 aromatic heterocycles. The van der Waals surface area contributed by atoms with Crippen LogP contribution in [0.15, 0.2) is 24.3 Å². The smallest absolute Gasteiger partial charge is 0.314 e. The molecule has 1 aromatic carbocycles. The Morgan fingerprint density at radius 2 is 1.65 bits per heavy atom. The molecule has 1 aromatic rings. The van der Waals surface area contributed by atoms with E-state index < -0.39 is 24.2 Å². The Kier molecular flexibility index (Phi) is 4.59. The second-order valence-corrected chi connectivity index (χ2v) is 4.65. The van der Waals surface area contributed by atoms with Gasteiger partial charge in [0, 0.05) is 26.2 Å². The third-order valence-corrected chi connectivity index (χ3v) is 3.37. The second-order valence-electron chi connectivity index (χ2n) is 4.65. The van der Waals surface area contributed by atoms with Gasteiger partial charge in [-0.3, -0.25) is 4.90 Å². The van der Waals surface area contributed by atoms with Gasteiger partial charge < -0.3 is 5.32 Å². The first kappa shape index (κ1) is 15.2. The van der Waals surface area contributed by atoms with Crippen molar-refractivity contribution in [2.45, 2.75) is 18.6 Å². The Labute approximate surface area is 113 Å². The molecule has 0 saturated carbocycles. The molecule has 0 bridgehead atoms. The maximum atomic E-state index is 13.3. The SMILES string of the molecule is FC(F)[C@H](c1ccccc1C(F)(F)F)N1CCNCC1. The molecule has 112 valence electrons. The molecule has 1 atom stereocenters. The fourth-order valence-corrected chi connectivity index (χ4v) is 2.47. The molecular weight excluding hydrogens is 279 g/mol. The first-order chi connectivity index (χ1) is 9.41. The summed E-state index contributed by atoms with van der Waals surface area (Å²) in [7, 11) is 0. The standard InChI is InChI=1S/C13H15F5N2/c14-12(15)11(20-7-5-19-6-8-20)9-3-1-2-4-10(9)13(16,17)18/h1-4,11-12,19H,5-8H2/t11-/m0/s1. The van der Waals surface area contributed by atoms with Gasteiger partial charge in [0.05, 0.1) is 11.6 Å². The van der Waals surface area contributed by atoms with Crippen LogP contribution in [-0.4, -0.2) is 37.5 Å². The number of benzene rings is 1. The summed E-state index contributed by atoms with van der Waals surface area (Å²) < 4.78 is 65.5. The van der Waals surface area contributed by atoms with Crippen LogP contribution >= 0.6 is 0 Å². The summed E-state index contributed by atoms with van der Waals surface area (Å²) in [4.78, 5) is 1.41. The van der Waals surface area contributed by atoms with E-state index in [0.717, 1.165) is 12.1 Å². The summed E-state index contributed by atoms with van der Waals surface area (Å²) in [5.74, 6) is 0. The predicted molar refractivity (Wildman–Crippen MR) is 64.6 cm³/mol. The Morgan fingerprint density at radius 3 is 2.20 bits per heavy atom. The summed E-state index contributed by atoms with van der Waals surface area (Å²) >= 11 is 0. The van der Waals surface area contributed by atoms with Crippen molar-refractivity contribution in [3.63, 3.8) is 0 Å². The Balaban J connectivity index is 2.39. The molecule has 20 heavy (non-hydrogen) atoms. The van der Waals surface area contributed by atoms with Gasteiger partial charge in [0.2, 0.25) is 0 Å². The number of alkyl halides is 5. The zero-order valence-electron chi connectivity index (χ0n) is 10.6. The van der Waals surface area contributed by atoms with E-state index in [0.29, 0.717) is 26.2 Å². The lowest BCUT2D eigenvalue weighted by atomic mass is 9.98. The van der Waals surface area contributed by atoms with Crippen molar-refractivity contribution >= 4 is 0 Å². The molecule has 1 fully saturated rings. The van der Waals surface area contributed by atoms with E-state index in [1.54, 1.807) is 0 Å². The third kappa shape index (κ3) is 3.27. The minimum atomic E-state index is -4.63. The highest BCUT2D eigenvalue weighted by Crippen LogP contribution is 2.38. The minimum absolute atomic E-state index is 0.307. The van der Waals surface area contributed by atoms with Crippen LogP contribution in [0.5, 0.6) is 0 Å². The molecule has 1 saturated heterocycles. The fraction of sp³-hybridized carbons (Fsp3) is 0.538. The monoisotopic (exact) mass is 294 g/mol. The molecule has 1 heterocycles. The summed E-state index contributed by atoms with van der Waals surface area (Å²) in [6.45, 7) is 1.61. The maximum absolute atomic E-state index is 13.3. The molecule has 0 aliphatic carbocycles. The minimum Gasteiger partial charge on any atom is -0.314 e. The molecule has 1 N–H and O–H groups in total.